The molecular weight excluding hydrogens is 893 g/mol. The number of aliphatic carboxylic acids is 1. The number of nitrogens with zero attached hydrogens (tertiary/aromatic N) is 2. The summed E-state index contributed by atoms with van der Waals surface area (Å²) < 4.78 is 0. The summed E-state index contributed by atoms with van der Waals surface area (Å²) in [6.45, 7) is 9.86. The lowest BCUT2D eigenvalue weighted by Gasteiger charge is -2.28. The number of aliphatic hydroxyl groups excluding tert-OH is 1. The van der Waals surface area contributed by atoms with E-state index in [9.17, 15) is 53.4 Å². The highest BCUT2D eigenvalue weighted by Crippen LogP contribution is 2.25. The van der Waals surface area contributed by atoms with Crippen LogP contribution in [-0.2, 0) is 49.6 Å². The summed E-state index contributed by atoms with van der Waals surface area (Å²) in [4.78, 5) is 128. The van der Waals surface area contributed by atoms with Gasteiger partial charge in [0.05, 0.1) is 25.1 Å². The molecule has 0 heterocycles. The topological polar surface area (TPSA) is 385 Å². The minimum atomic E-state index is -1.62. The van der Waals surface area contributed by atoms with E-state index in [1.54, 1.807) is 51.1 Å². The Labute approximate surface area is 405 Å². The number of nitrogens with two attached hydrogens (primary N) is 5. The quantitative estimate of drug-likeness (QED) is 0.0253. The van der Waals surface area contributed by atoms with Gasteiger partial charge in [-0.1, -0.05) is 84.7 Å². The molecule has 21 nitrogen and oxygen atoms in total. The molecule has 0 bridgehead atoms. The summed E-state index contributed by atoms with van der Waals surface area (Å²) in [5.74, 6) is -11.8. The molecule has 0 aliphatic rings. The molecule has 15 N–H and O–H groups in total. The minimum absolute atomic E-state index is 0.0758. The fourth-order valence-corrected chi connectivity index (χ4v) is 7.67. The van der Waals surface area contributed by atoms with E-state index in [0.717, 1.165) is 5.56 Å². The van der Waals surface area contributed by atoms with Crippen molar-refractivity contribution in [3.63, 3.8) is 0 Å². The maximum absolute atomic E-state index is 14.1. The number of carboxylic acids is 1. The zero-order chi connectivity index (χ0) is 52.4. The third kappa shape index (κ3) is 23.1. The van der Waals surface area contributed by atoms with Crippen LogP contribution in [0.1, 0.15) is 118 Å². The van der Waals surface area contributed by atoms with Gasteiger partial charge in [0.2, 0.25) is 23.6 Å². The summed E-state index contributed by atoms with van der Waals surface area (Å²) in [6.07, 6.45) is 0.167. The van der Waals surface area contributed by atoms with Crippen molar-refractivity contribution in [3.8, 4) is 0 Å². The van der Waals surface area contributed by atoms with E-state index in [1.165, 1.54) is 6.92 Å². The van der Waals surface area contributed by atoms with Crippen LogP contribution in [0.2, 0.25) is 0 Å². The van der Waals surface area contributed by atoms with Crippen molar-refractivity contribution in [1.29, 1.82) is 0 Å². The number of aliphatic imine (C=N–C) groups is 2. The number of hydrogen-bond donors (Lipinski definition) is 10. The van der Waals surface area contributed by atoms with Crippen LogP contribution in [-0.4, -0.2) is 113 Å². The molecule has 0 aliphatic carbocycles. The zero-order valence-corrected chi connectivity index (χ0v) is 41.1. The Bertz CT molecular complexity index is 1940. The van der Waals surface area contributed by atoms with E-state index in [2.05, 4.69) is 25.9 Å². The number of aliphatic hydroxyl groups is 1. The number of ketones is 4. The SMILES string of the molecule is CC[C@H](C)C(CC(=O)[C@H](CC(=O)O)NC(=O)[C@H](C)CC(=O)[C@H](CO)NC(=O)[C@H](CCCN=C(N)N)CC(=O)[C@@H](C)CCCN=C(N)N)C(=O)N[C@@H](Cc1ccccc1)C(=O)C[C@H](C(N)=O)[C@@H](C)CC. The second-order valence-corrected chi connectivity index (χ2v) is 18.1. The zero-order valence-electron chi connectivity index (χ0n) is 41.1. The van der Waals surface area contributed by atoms with Gasteiger partial charge in [-0.05, 0) is 49.5 Å². The minimum Gasteiger partial charge on any atom is -0.481 e. The van der Waals surface area contributed by atoms with Gasteiger partial charge in [-0.3, -0.25) is 53.1 Å². The molecule has 0 aromatic heterocycles. The predicted octanol–water partition coefficient (Wildman–Crippen LogP) is 0.793. The van der Waals surface area contributed by atoms with Gasteiger partial charge in [-0.2, -0.15) is 0 Å². The first-order valence-corrected chi connectivity index (χ1v) is 23.7. The Balaban J connectivity index is 3.24. The number of guanidine groups is 2. The summed E-state index contributed by atoms with van der Waals surface area (Å²) in [5.41, 5.74) is 28.0. The van der Waals surface area contributed by atoms with Crippen molar-refractivity contribution in [3.05, 3.63) is 35.9 Å². The van der Waals surface area contributed by atoms with Crippen molar-refractivity contribution >= 4 is 64.7 Å². The van der Waals surface area contributed by atoms with Crippen LogP contribution in [0.25, 0.3) is 0 Å². The van der Waals surface area contributed by atoms with E-state index >= 15 is 0 Å². The van der Waals surface area contributed by atoms with Crippen LogP contribution >= 0.6 is 0 Å². The van der Waals surface area contributed by atoms with Crippen molar-refractivity contribution in [1.82, 2.24) is 16.0 Å². The van der Waals surface area contributed by atoms with Gasteiger partial charge in [0.15, 0.2) is 29.3 Å². The fraction of sp³-hybridized carbons (Fsp3) is 0.646. The Morgan fingerprint density at radius 1 is 0.565 bits per heavy atom. The number of benzene rings is 1. The first kappa shape index (κ1) is 60.8. The van der Waals surface area contributed by atoms with Crippen molar-refractivity contribution in [2.45, 2.75) is 137 Å². The standard InChI is InChI=1S/C48H78N10O11/c1-7-27(3)33(43(49)66)23-40(62)35(21-31-15-10-9-11-16-31)57-46(69)34(28(4)8-2)24-41(63)36(25-42(64)65)56-44(67)30(6)20-39(61)37(26-59)58-45(68)32(17-13-19-55-48(52)53)22-38(60)29(5)14-12-18-54-47(50)51/h9-11,15-16,27-30,32-37,59H,7-8,12-14,17-26H2,1-6H3,(H2,49,66)(H,56,67)(H,57,69)(H,58,68)(H,64,65)(H4,50,51,54)(H4,52,53,55)/t27-,28-,29-,30+,32+,33-,34?,35-,36-,37-/m0/s1. The predicted molar refractivity (Wildman–Crippen MR) is 260 cm³/mol. The first-order valence-electron chi connectivity index (χ1n) is 23.7. The summed E-state index contributed by atoms with van der Waals surface area (Å²) >= 11 is 0. The van der Waals surface area contributed by atoms with Gasteiger partial charge < -0.3 is 54.8 Å². The number of nitrogens with one attached hydrogen (secondary N) is 3. The molecule has 1 unspecified atom stereocenters. The van der Waals surface area contributed by atoms with Gasteiger partial charge in [0.25, 0.3) is 0 Å². The normalized spacial score (nSPS) is 15.5. The second kappa shape index (κ2) is 31.7. The Hall–Kier alpha value is -6.25. The summed E-state index contributed by atoms with van der Waals surface area (Å²) in [6, 6.07) is 4.69. The molecule has 10 atom stereocenters. The molecule has 0 spiro atoms. The molecule has 0 saturated heterocycles. The van der Waals surface area contributed by atoms with E-state index in [4.69, 9.17) is 28.7 Å². The number of carboxylic acid groups (broad SMARTS) is 1. The second-order valence-electron chi connectivity index (χ2n) is 18.1. The first-order chi connectivity index (χ1) is 32.4. The number of carbonyl (C=O) groups is 9. The number of hydrogen-bond acceptors (Lipinski definition) is 12. The van der Waals surface area contributed by atoms with Crippen LogP contribution in [0.5, 0.6) is 0 Å². The largest absolute Gasteiger partial charge is 0.481 e. The highest BCUT2D eigenvalue weighted by Gasteiger charge is 2.36. The Kier molecular flexibility index (Phi) is 27.9. The van der Waals surface area contributed by atoms with Crippen molar-refractivity contribution in [2.75, 3.05) is 19.7 Å². The van der Waals surface area contributed by atoms with Gasteiger partial charge in [0, 0.05) is 68.4 Å². The molecule has 1 aromatic carbocycles. The smallest absolute Gasteiger partial charge is 0.305 e. The number of rotatable bonds is 36. The van der Waals surface area contributed by atoms with Gasteiger partial charge in [-0.25, -0.2) is 0 Å². The molecule has 1 aromatic rings. The number of amides is 4. The number of carbonyl (C=O) groups excluding carboxylic acids is 8. The van der Waals surface area contributed by atoms with Crippen molar-refractivity contribution in [2.24, 2.45) is 80.1 Å². The molecule has 21 heteroatoms. The maximum atomic E-state index is 14.1. The number of Topliss-reactive ketones (excluding diaryl/α,β-unsaturated/α-hetero) is 4. The van der Waals surface area contributed by atoms with E-state index < -0.39 is 126 Å². The highest BCUT2D eigenvalue weighted by molar-refractivity contribution is 5.98. The monoisotopic (exact) mass is 971 g/mol. The molecule has 0 fully saturated rings. The Morgan fingerprint density at radius 2 is 1.06 bits per heavy atom. The molecule has 386 valence electrons. The summed E-state index contributed by atoms with van der Waals surface area (Å²) in [5, 5.41) is 27.7. The van der Waals surface area contributed by atoms with Crippen LogP contribution in [0, 0.1) is 41.4 Å². The lowest BCUT2D eigenvalue weighted by atomic mass is 9.83. The molecule has 0 aliphatic heterocycles. The molecular formula is C48H78N10O11. The van der Waals surface area contributed by atoms with Crippen LogP contribution in [0.15, 0.2) is 40.3 Å². The van der Waals surface area contributed by atoms with Gasteiger partial charge in [-0.15, -0.1) is 0 Å². The highest BCUT2D eigenvalue weighted by atomic mass is 16.4. The van der Waals surface area contributed by atoms with Crippen LogP contribution in [0.3, 0.4) is 0 Å². The maximum Gasteiger partial charge on any atom is 0.305 e. The van der Waals surface area contributed by atoms with E-state index in [0.29, 0.717) is 38.6 Å². The molecule has 69 heavy (non-hydrogen) atoms. The lowest BCUT2D eigenvalue weighted by molar-refractivity contribution is -0.141. The van der Waals surface area contributed by atoms with Gasteiger partial charge in [0.1, 0.15) is 11.8 Å². The fourth-order valence-electron chi connectivity index (χ4n) is 7.67. The van der Waals surface area contributed by atoms with Crippen LogP contribution in [0.4, 0.5) is 0 Å². The average Bonchev–Trinajstić information content (AvgIpc) is 3.29. The van der Waals surface area contributed by atoms with E-state index in [-0.39, 0.29) is 55.8 Å². The average molecular weight is 971 g/mol. The molecule has 1 rings (SSSR count). The molecule has 4 amide bonds. The molecule has 0 radical (unpaired) electrons. The Morgan fingerprint density at radius 3 is 1.58 bits per heavy atom. The summed E-state index contributed by atoms with van der Waals surface area (Å²) in [7, 11) is 0. The van der Waals surface area contributed by atoms with Gasteiger partial charge >= 0.3 is 5.97 Å². The van der Waals surface area contributed by atoms with Crippen LogP contribution < -0.4 is 44.6 Å². The third-order valence-corrected chi connectivity index (χ3v) is 12.6. The number of primary amides is 1. The lowest BCUT2D eigenvalue weighted by Crippen LogP contribution is -2.50. The van der Waals surface area contributed by atoms with E-state index in [1.807, 2.05) is 13.8 Å². The molecule has 0 saturated carbocycles. The van der Waals surface area contributed by atoms with Crippen molar-refractivity contribution < 1.29 is 53.4 Å². The third-order valence-electron chi connectivity index (χ3n) is 12.6.